The summed E-state index contributed by atoms with van der Waals surface area (Å²) in [5, 5.41) is 3.47. The van der Waals surface area contributed by atoms with Gasteiger partial charge in [0, 0.05) is 36.2 Å². The maximum Gasteiger partial charge on any atom is 0.254 e. The molecule has 164 valence electrons. The van der Waals surface area contributed by atoms with Crippen LogP contribution in [-0.4, -0.2) is 36.1 Å². The Morgan fingerprint density at radius 3 is 2.61 bits per heavy atom. The normalized spacial score (nSPS) is 10.8. The number of benzene rings is 2. The van der Waals surface area contributed by atoms with Gasteiger partial charge in [-0.25, -0.2) is 4.98 Å². The fourth-order valence-corrected chi connectivity index (χ4v) is 3.88. The molecule has 1 aromatic heterocycles. The number of methoxy groups -OCH3 is 1. The molecule has 3 rings (SSSR count). The Kier molecular flexibility index (Phi) is 8.46. The minimum atomic E-state index is -0.0475. The van der Waals surface area contributed by atoms with Crippen molar-refractivity contribution < 1.29 is 14.3 Å². The second kappa shape index (κ2) is 11.3. The minimum Gasteiger partial charge on any atom is -0.486 e. The Hall–Kier alpha value is -2.41. The van der Waals surface area contributed by atoms with E-state index in [0.29, 0.717) is 36.9 Å². The van der Waals surface area contributed by atoms with Gasteiger partial charge >= 0.3 is 0 Å². The number of halogens is 1. The lowest BCUT2D eigenvalue weighted by Gasteiger charge is -2.22. The maximum atomic E-state index is 13.0. The van der Waals surface area contributed by atoms with Crippen molar-refractivity contribution in [2.45, 2.75) is 33.4 Å². The Morgan fingerprint density at radius 1 is 1.13 bits per heavy atom. The van der Waals surface area contributed by atoms with Crippen molar-refractivity contribution in [1.82, 2.24) is 9.88 Å². The lowest BCUT2D eigenvalue weighted by molar-refractivity contribution is 0.0721. The van der Waals surface area contributed by atoms with Crippen LogP contribution in [0.15, 0.2) is 47.8 Å². The number of carbonyl (C=O) groups excluding carboxylic acids is 1. The number of rotatable bonds is 10. The van der Waals surface area contributed by atoms with Gasteiger partial charge in [-0.3, -0.25) is 4.79 Å². The number of amides is 1. The number of nitrogens with zero attached hydrogens (tertiary/aromatic N) is 2. The Bertz CT molecular complexity index is 1000. The van der Waals surface area contributed by atoms with Crippen molar-refractivity contribution in [2.24, 2.45) is 0 Å². The van der Waals surface area contributed by atoms with E-state index in [4.69, 9.17) is 21.1 Å². The van der Waals surface area contributed by atoms with Gasteiger partial charge < -0.3 is 14.4 Å². The number of aryl methyl sites for hydroxylation is 2. The molecule has 1 heterocycles. The monoisotopic (exact) mass is 458 g/mol. The molecule has 0 radical (unpaired) electrons. The lowest BCUT2D eigenvalue weighted by Crippen LogP contribution is -2.32. The summed E-state index contributed by atoms with van der Waals surface area (Å²) in [4.78, 5) is 19.5. The van der Waals surface area contributed by atoms with Gasteiger partial charge in [0.1, 0.15) is 17.4 Å². The lowest BCUT2D eigenvalue weighted by atomic mass is 10.1. The Labute approximate surface area is 192 Å². The van der Waals surface area contributed by atoms with E-state index in [2.05, 4.69) is 24.9 Å². The van der Waals surface area contributed by atoms with Gasteiger partial charge in [-0.05, 0) is 67.8 Å². The molecular weight excluding hydrogens is 432 g/mol. The van der Waals surface area contributed by atoms with Crippen molar-refractivity contribution in [3.63, 3.8) is 0 Å². The van der Waals surface area contributed by atoms with Crippen LogP contribution in [-0.2, 0) is 17.9 Å². The van der Waals surface area contributed by atoms with Crippen LogP contribution in [0.25, 0.3) is 0 Å². The van der Waals surface area contributed by atoms with Gasteiger partial charge in [0.05, 0.1) is 12.2 Å². The van der Waals surface area contributed by atoms with Gasteiger partial charge in [0.25, 0.3) is 5.91 Å². The zero-order valence-corrected chi connectivity index (χ0v) is 19.6. The Balaban J connectivity index is 1.65. The molecule has 0 bridgehead atoms. The van der Waals surface area contributed by atoms with Crippen molar-refractivity contribution in [1.29, 1.82) is 0 Å². The third-order valence-electron chi connectivity index (χ3n) is 4.95. The van der Waals surface area contributed by atoms with Gasteiger partial charge in [0.15, 0.2) is 0 Å². The van der Waals surface area contributed by atoms with E-state index >= 15 is 0 Å². The summed E-state index contributed by atoms with van der Waals surface area (Å²) in [6.45, 7) is 6.17. The molecule has 0 unspecified atom stereocenters. The van der Waals surface area contributed by atoms with Gasteiger partial charge in [-0.15, -0.1) is 11.3 Å². The maximum absolute atomic E-state index is 13.0. The summed E-state index contributed by atoms with van der Waals surface area (Å²) in [6, 6.07) is 13.0. The number of aromatic nitrogens is 1. The van der Waals surface area contributed by atoms with Crippen LogP contribution >= 0.6 is 22.9 Å². The molecule has 1 amide bonds. The van der Waals surface area contributed by atoms with Crippen LogP contribution in [0.1, 0.15) is 38.6 Å². The average Bonchev–Trinajstić information content (AvgIpc) is 3.21. The SMILES string of the molecule is COCCCN(Cc1csc(COc2ccc(C)c(C)c2)n1)C(=O)c1ccc(Cl)cc1. The Morgan fingerprint density at radius 2 is 1.90 bits per heavy atom. The van der Waals surface area contributed by atoms with Gasteiger partial charge in [0.2, 0.25) is 0 Å². The molecule has 2 aromatic carbocycles. The predicted octanol–water partition coefficient (Wildman–Crippen LogP) is 5.67. The van der Waals surface area contributed by atoms with Crippen LogP contribution < -0.4 is 4.74 Å². The number of carbonyl (C=O) groups is 1. The highest BCUT2D eigenvalue weighted by molar-refractivity contribution is 7.09. The standard InChI is InChI=1S/C24H27ClN2O3S/c1-17-5-10-22(13-18(17)2)30-15-23-26-21(16-31-23)14-27(11-4-12-29-3)24(28)19-6-8-20(25)9-7-19/h5-10,13,16H,4,11-12,14-15H2,1-3H3. The molecule has 0 fully saturated rings. The molecule has 0 aliphatic carbocycles. The quantitative estimate of drug-likeness (QED) is 0.367. The van der Waals surface area contributed by atoms with E-state index < -0.39 is 0 Å². The molecule has 0 atom stereocenters. The summed E-state index contributed by atoms with van der Waals surface area (Å²) in [6.07, 6.45) is 0.753. The van der Waals surface area contributed by atoms with Crippen LogP contribution in [0.4, 0.5) is 0 Å². The van der Waals surface area contributed by atoms with Crippen molar-refractivity contribution in [2.75, 3.05) is 20.3 Å². The summed E-state index contributed by atoms with van der Waals surface area (Å²) in [7, 11) is 1.66. The fraction of sp³-hybridized carbons (Fsp3) is 0.333. The third-order valence-corrected chi connectivity index (χ3v) is 6.07. The van der Waals surface area contributed by atoms with E-state index in [9.17, 15) is 4.79 Å². The molecule has 0 saturated carbocycles. The number of thiazole rings is 1. The first-order valence-electron chi connectivity index (χ1n) is 10.1. The average molecular weight is 459 g/mol. The highest BCUT2D eigenvalue weighted by Crippen LogP contribution is 2.20. The predicted molar refractivity (Wildman–Crippen MR) is 125 cm³/mol. The van der Waals surface area contributed by atoms with Gasteiger partial charge in [-0.1, -0.05) is 17.7 Å². The van der Waals surface area contributed by atoms with Crippen molar-refractivity contribution in [3.8, 4) is 5.75 Å². The van der Waals surface area contributed by atoms with Crippen LogP contribution in [0.2, 0.25) is 5.02 Å². The second-order valence-corrected chi connectivity index (χ2v) is 8.73. The van der Waals surface area contributed by atoms with E-state index in [-0.39, 0.29) is 5.91 Å². The summed E-state index contributed by atoms with van der Waals surface area (Å²) >= 11 is 7.50. The summed E-state index contributed by atoms with van der Waals surface area (Å²) in [5.41, 5.74) is 3.89. The first-order valence-corrected chi connectivity index (χ1v) is 11.4. The molecular formula is C24H27ClN2O3S. The van der Waals surface area contributed by atoms with Crippen molar-refractivity contribution >= 4 is 28.8 Å². The van der Waals surface area contributed by atoms with E-state index in [1.165, 1.54) is 22.5 Å². The van der Waals surface area contributed by atoms with Gasteiger partial charge in [-0.2, -0.15) is 0 Å². The first kappa shape index (κ1) is 23.3. The zero-order valence-electron chi connectivity index (χ0n) is 18.1. The third kappa shape index (κ3) is 6.79. The molecule has 0 saturated heterocycles. The summed E-state index contributed by atoms with van der Waals surface area (Å²) < 4.78 is 11.0. The second-order valence-electron chi connectivity index (χ2n) is 7.35. The van der Waals surface area contributed by atoms with E-state index in [1.807, 2.05) is 17.5 Å². The number of hydrogen-bond acceptors (Lipinski definition) is 5. The van der Waals surface area contributed by atoms with E-state index in [0.717, 1.165) is 22.9 Å². The molecule has 0 aliphatic heterocycles. The molecule has 5 nitrogen and oxygen atoms in total. The van der Waals surface area contributed by atoms with Crippen molar-refractivity contribution in [3.05, 3.63) is 80.3 Å². The number of ether oxygens (including phenoxy) is 2. The summed E-state index contributed by atoms with van der Waals surface area (Å²) in [5.74, 6) is 0.785. The molecule has 7 heteroatoms. The first-order chi connectivity index (χ1) is 15.0. The number of hydrogen-bond donors (Lipinski definition) is 0. The van der Waals surface area contributed by atoms with Crippen LogP contribution in [0.3, 0.4) is 0 Å². The molecule has 31 heavy (non-hydrogen) atoms. The minimum absolute atomic E-state index is 0.0475. The highest BCUT2D eigenvalue weighted by atomic mass is 35.5. The molecule has 0 aliphatic rings. The smallest absolute Gasteiger partial charge is 0.254 e. The molecule has 0 spiro atoms. The highest BCUT2D eigenvalue weighted by Gasteiger charge is 2.17. The van der Waals surface area contributed by atoms with E-state index in [1.54, 1.807) is 36.3 Å². The van der Waals surface area contributed by atoms with Crippen LogP contribution in [0.5, 0.6) is 5.75 Å². The largest absolute Gasteiger partial charge is 0.486 e. The topological polar surface area (TPSA) is 51.7 Å². The molecule has 0 N–H and O–H groups in total. The van der Waals surface area contributed by atoms with Crippen LogP contribution in [0, 0.1) is 13.8 Å². The fourth-order valence-electron chi connectivity index (χ4n) is 3.06. The zero-order chi connectivity index (χ0) is 22.2. The molecule has 3 aromatic rings.